The average Bonchev–Trinajstić information content (AvgIpc) is 3.05. The molecular formula is C18H20BrF2N. The van der Waals surface area contributed by atoms with Crippen molar-refractivity contribution in [1.82, 2.24) is 0 Å². The SMILES string of the molecule is Brc1ccccc1.CC.Fc1cccc(F)c1C1=NCCC1. The maximum Gasteiger partial charge on any atom is 0.135 e. The molecule has 2 aromatic rings. The van der Waals surface area contributed by atoms with Gasteiger partial charge in [-0.3, -0.25) is 4.99 Å². The molecule has 4 heteroatoms. The maximum atomic E-state index is 13.2. The lowest BCUT2D eigenvalue weighted by Gasteiger charge is -2.03. The molecule has 1 aliphatic rings. The number of halogens is 3. The summed E-state index contributed by atoms with van der Waals surface area (Å²) in [6, 6.07) is 13.9. The topological polar surface area (TPSA) is 12.4 Å². The van der Waals surface area contributed by atoms with Crippen molar-refractivity contribution >= 4 is 21.6 Å². The molecule has 0 aromatic heterocycles. The smallest absolute Gasteiger partial charge is 0.135 e. The van der Waals surface area contributed by atoms with Gasteiger partial charge in [-0.25, -0.2) is 8.78 Å². The third kappa shape index (κ3) is 5.68. The van der Waals surface area contributed by atoms with Crippen molar-refractivity contribution in [2.45, 2.75) is 26.7 Å². The summed E-state index contributed by atoms with van der Waals surface area (Å²) in [6.45, 7) is 4.68. The van der Waals surface area contributed by atoms with Crippen molar-refractivity contribution in [3.8, 4) is 0 Å². The summed E-state index contributed by atoms with van der Waals surface area (Å²) in [5.74, 6) is -1.03. The molecule has 118 valence electrons. The normalized spacial score (nSPS) is 12.5. The average molecular weight is 368 g/mol. The Kier molecular flexibility index (Phi) is 8.60. The molecule has 3 rings (SSSR count). The summed E-state index contributed by atoms with van der Waals surface area (Å²) in [7, 11) is 0. The number of rotatable bonds is 1. The lowest BCUT2D eigenvalue weighted by Crippen LogP contribution is -2.03. The molecule has 0 amide bonds. The fraction of sp³-hybridized carbons (Fsp3) is 0.278. The lowest BCUT2D eigenvalue weighted by atomic mass is 10.1. The van der Waals surface area contributed by atoms with E-state index in [2.05, 4.69) is 20.9 Å². The van der Waals surface area contributed by atoms with E-state index in [9.17, 15) is 8.78 Å². The molecule has 0 unspecified atom stereocenters. The van der Waals surface area contributed by atoms with Crippen molar-refractivity contribution < 1.29 is 8.78 Å². The van der Waals surface area contributed by atoms with E-state index in [1.54, 1.807) is 0 Å². The van der Waals surface area contributed by atoms with Crippen LogP contribution in [0.1, 0.15) is 32.3 Å². The van der Waals surface area contributed by atoms with Crippen molar-refractivity contribution in [2.75, 3.05) is 6.54 Å². The highest BCUT2D eigenvalue weighted by Gasteiger charge is 2.16. The number of hydrogen-bond donors (Lipinski definition) is 0. The van der Waals surface area contributed by atoms with E-state index >= 15 is 0 Å². The minimum atomic E-state index is -0.513. The molecule has 0 spiro atoms. The Morgan fingerprint density at radius 1 is 0.909 bits per heavy atom. The van der Waals surface area contributed by atoms with Gasteiger partial charge in [-0.1, -0.05) is 54.0 Å². The molecule has 1 aliphatic heterocycles. The third-order valence-electron chi connectivity index (χ3n) is 2.86. The Hall–Kier alpha value is -1.55. The van der Waals surface area contributed by atoms with Crippen LogP contribution in [0.3, 0.4) is 0 Å². The van der Waals surface area contributed by atoms with Crippen LogP contribution in [-0.4, -0.2) is 12.3 Å². The second-order valence-electron chi connectivity index (χ2n) is 4.32. The van der Waals surface area contributed by atoms with Crippen LogP contribution in [0, 0.1) is 11.6 Å². The Bertz CT molecular complexity index is 577. The first-order chi connectivity index (χ1) is 10.7. The first kappa shape index (κ1) is 18.5. The zero-order chi connectivity index (χ0) is 16.4. The van der Waals surface area contributed by atoms with Crippen LogP contribution < -0.4 is 0 Å². The molecular weight excluding hydrogens is 348 g/mol. The van der Waals surface area contributed by atoms with Crippen molar-refractivity contribution in [3.05, 3.63) is 70.2 Å². The van der Waals surface area contributed by atoms with E-state index in [-0.39, 0.29) is 5.56 Å². The van der Waals surface area contributed by atoms with Crippen LogP contribution in [-0.2, 0) is 0 Å². The van der Waals surface area contributed by atoms with Gasteiger partial charge in [-0.2, -0.15) is 0 Å². The molecule has 0 aliphatic carbocycles. The number of benzene rings is 2. The molecule has 0 fully saturated rings. The second kappa shape index (κ2) is 10.2. The Labute approximate surface area is 139 Å². The van der Waals surface area contributed by atoms with E-state index in [4.69, 9.17) is 0 Å². The highest BCUT2D eigenvalue weighted by Crippen LogP contribution is 2.19. The Balaban J connectivity index is 0.000000228. The first-order valence-electron chi connectivity index (χ1n) is 7.37. The van der Waals surface area contributed by atoms with Crippen LogP contribution in [0.4, 0.5) is 8.78 Å². The predicted octanol–water partition coefficient (Wildman–Crippen LogP) is 6.02. The third-order valence-corrected chi connectivity index (χ3v) is 3.39. The van der Waals surface area contributed by atoms with Gasteiger partial charge < -0.3 is 0 Å². The van der Waals surface area contributed by atoms with Crippen LogP contribution in [0.15, 0.2) is 58.0 Å². The van der Waals surface area contributed by atoms with Gasteiger partial charge in [-0.15, -0.1) is 0 Å². The molecule has 0 radical (unpaired) electrons. The van der Waals surface area contributed by atoms with Gasteiger partial charge in [0, 0.05) is 16.7 Å². The molecule has 22 heavy (non-hydrogen) atoms. The second-order valence-corrected chi connectivity index (χ2v) is 5.24. The summed E-state index contributed by atoms with van der Waals surface area (Å²) in [5, 5.41) is 0. The molecule has 0 saturated heterocycles. The van der Waals surface area contributed by atoms with Gasteiger partial charge in [0.15, 0.2) is 0 Å². The fourth-order valence-electron chi connectivity index (χ4n) is 1.93. The van der Waals surface area contributed by atoms with E-state index < -0.39 is 11.6 Å². The molecule has 0 saturated carbocycles. The summed E-state index contributed by atoms with van der Waals surface area (Å²) in [5.41, 5.74) is 0.621. The van der Waals surface area contributed by atoms with Crippen molar-refractivity contribution in [2.24, 2.45) is 4.99 Å². The lowest BCUT2D eigenvalue weighted by molar-refractivity contribution is 0.578. The highest BCUT2D eigenvalue weighted by molar-refractivity contribution is 9.10. The van der Waals surface area contributed by atoms with Gasteiger partial charge in [-0.05, 0) is 37.1 Å². The molecule has 0 bridgehead atoms. The number of hydrogen-bond acceptors (Lipinski definition) is 1. The summed E-state index contributed by atoms with van der Waals surface area (Å²) < 4.78 is 27.5. The van der Waals surface area contributed by atoms with Crippen molar-refractivity contribution in [3.63, 3.8) is 0 Å². The van der Waals surface area contributed by atoms with E-state index in [0.717, 1.165) is 10.9 Å². The van der Waals surface area contributed by atoms with Crippen LogP contribution >= 0.6 is 15.9 Å². The zero-order valence-electron chi connectivity index (χ0n) is 12.8. The van der Waals surface area contributed by atoms with Gasteiger partial charge in [0.1, 0.15) is 11.6 Å². The summed E-state index contributed by atoms with van der Waals surface area (Å²) in [6.07, 6.45) is 1.57. The number of nitrogens with zero attached hydrogens (tertiary/aromatic N) is 1. The minimum Gasteiger partial charge on any atom is -0.289 e. The van der Waals surface area contributed by atoms with E-state index in [1.807, 2.05) is 44.2 Å². The molecule has 0 atom stereocenters. The molecule has 0 N–H and O–H groups in total. The number of aliphatic imine (C=N–C) groups is 1. The van der Waals surface area contributed by atoms with Crippen LogP contribution in [0.5, 0.6) is 0 Å². The molecule has 1 nitrogen and oxygen atoms in total. The van der Waals surface area contributed by atoms with Crippen LogP contribution in [0.2, 0.25) is 0 Å². The van der Waals surface area contributed by atoms with Crippen LogP contribution in [0.25, 0.3) is 0 Å². The Morgan fingerprint density at radius 3 is 1.91 bits per heavy atom. The summed E-state index contributed by atoms with van der Waals surface area (Å²) in [4.78, 5) is 4.06. The predicted molar refractivity (Wildman–Crippen MR) is 92.5 cm³/mol. The fourth-order valence-corrected chi connectivity index (χ4v) is 2.24. The van der Waals surface area contributed by atoms with Crippen molar-refractivity contribution in [1.29, 1.82) is 0 Å². The van der Waals surface area contributed by atoms with Gasteiger partial charge >= 0.3 is 0 Å². The quantitative estimate of drug-likeness (QED) is 0.583. The zero-order valence-corrected chi connectivity index (χ0v) is 14.4. The Morgan fingerprint density at radius 2 is 1.50 bits per heavy atom. The standard InChI is InChI=1S/C10H9F2N.C6H5Br.C2H6/c11-7-3-1-4-8(12)10(7)9-5-2-6-13-9;7-6-4-2-1-3-5-6;1-2/h1,3-4H,2,5-6H2;1-5H;1-2H3. The van der Waals surface area contributed by atoms with E-state index in [0.29, 0.717) is 18.7 Å². The van der Waals surface area contributed by atoms with Gasteiger partial charge in [0.05, 0.1) is 5.56 Å². The summed E-state index contributed by atoms with van der Waals surface area (Å²) >= 11 is 3.31. The van der Waals surface area contributed by atoms with Gasteiger partial charge in [0.25, 0.3) is 0 Å². The molecule has 1 heterocycles. The largest absolute Gasteiger partial charge is 0.289 e. The van der Waals surface area contributed by atoms with Gasteiger partial charge in [0.2, 0.25) is 0 Å². The minimum absolute atomic E-state index is 0.0556. The molecule has 2 aromatic carbocycles. The highest BCUT2D eigenvalue weighted by atomic mass is 79.9. The van der Waals surface area contributed by atoms with E-state index in [1.165, 1.54) is 18.2 Å². The maximum absolute atomic E-state index is 13.2. The monoisotopic (exact) mass is 367 g/mol. The first-order valence-corrected chi connectivity index (χ1v) is 8.16.